The van der Waals surface area contributed by atoms with Crippen LogP contribution in [0.25, 0.3) is 33.3 Å². The second-order valence-corrected chi connectivity index (χ2v) is 20.3. The largest absolute Gasteiger partial charge is 0.484 e. The molecular formula is C50H50F3N11O9S. The maximum Gasteiger partial charge on any atom is 0.355 e. The quantitative estimate of drug-likeness (QED) is 0.113. The number of hydrogen-bond acceptors (Lipinski definition) is 14. The highest BCUT2D eigenvalue weighted by atomic mass is 32.2. The van der Waals surface area contributed by atoms with Gasteiger partial charge in [0.25, 0.3) is 21.8 Å². The Kier molecular flexibility index (Phi) is 13.3. The molecule has 0 aliphatic carbocycles. The molecule has 4 aliphatic heterocycles. The molecule has 24 heteroatoms. The van der Waals surface area contributed by atoms with E-state index in [1.54, 1.807) is 54.1 Å². The summed E-state index contributed by atoms with van der Waals surface area (Å²) in [6.45, 7) is 3.54. The predicted molar refractivity (Wildman–Crippen MR) is 263 cm³/mol. The number of alkyl halides is 2. The number of likely N-dealkylation sites (tertiary alicyclic amines) is 1. The number of nitrogens with two attached hydrogens (primary N) is 1. The fourth-order valence-electron chi connectivity index (χ4n) is 10.2. The summed E-state index contributed by atoms with van der Waals surface area (Å²) in [5.74, 6) is -6.50. The summed E-state index contributed by atoms with van der Waals surface area (Å²) in [5, 5.41) is 12.2. The predicted octanol–water partition coefficient (Wildman–Crippen LogP) is 5.57. The third-order valence-corrected chi connectivity index (χ3v) is 15.0. The van der Waals surface area contributed by atoms with E-state index in [1.807, 2.05) is 20.5 Å². The van der Waals surface area contributed by atoms with Gasteiger partial charge >= 0.3 is 5.76 Å². The van der Waals surface area contributed by atoms with Gasteiger partial charge in [-0.3, -0.25) is 48.3 Å². The van der Waals surface area contributed by atoms with Gasteiger partial charge < -0.3 is 25.0 Å². The van der Waals surface area contributed by atoms with Gasteiger partial charge in [-0.05, 0) is 81.0 Å². The van der Waals surface area contributed by atoms with Gasteiger partial charge in [-0.2, -0.15) is 19.0 Å². The van der Waals surface area contributed by atoms with Gasteiger partial charge in [-0.15, -0.1) is 0 Å². The summed E-state index contributed by atoms with van der Waals surface area (Å²) in [6.07, 6.45) is 6.78. The summed E-state index contributed by atoms with van der Waals surface area (Å²) in [4.78, 5) is 74.0. The van der Waals surface area contributed by atoms with Gasteiger partial charge in [-0.1, -0.05) is 24.3 Å². The van der Waals surface area contributed by atoms with E-state index in [0.717, 1.165) is 10.5 Å². The number of imide groups is 2. The van der Waals surface area contributed by atoms with E-state index in [-0.39, 0.29) is 65.9 Å². The molecule has 3 aromatic carbocycles. The van der Waals surface area contributed by atoms with Gasteiger partial charge in [0, 0.05) is 68.7 Å². The van der Waals surface area contributed by atoms with Crippen molar-refractivity contribution in [3.05, 3.63) is 102 Å². The molecule has 0 radical (unpaired) electrons. The molecule has 386 valence electrons. The molecule has 4 aliphatic rings. The first kappa shape index (κ1) is 49.7. The average molecular weight is 1040 g/mol. The Balaban J connectivity index is 0.768. The first-order chi connectivity index (χ1) is 35.4. The van der Waals surface area contributed by atoms with Crippen LogP contribution in [0, 0.1) is 5.82 Å². The minimum atomic E-state index is -5.09. The van der Waals surface area contributed by atoms with Crippen molar-refractivity contribution in [3.63, 3.8) is 0 Å². The molecule has 3 fully saturated rings. The van der Waals surface area contributed by atoms with Crippen LogP contribution in [0.15, 0.2) is 79.3 Å². The highest BCUT2D eigenvalue weighted by Crippen LogP contribution is 2.41. The van der Waals surface area contributed by atoms with Crippen molar-refractivity contribution in [2.24, 2.45) is 7.05 Å². The van der Waals surface area contributed by atoms with Crippen molar-refractivity contribution in [1.82, 2.24) is 39.7 Å². The lowest BCUT2D eigenvalue weighted by molar-refractivity contribution is -0.140. The molecule has 20 nitrogen and oxygen atoms in total. The lowest BCUT2D eigenvalue weighted by Crippen LogP contribution is -2.54. The molecule has 0 bridgehead atoms. The fraction of sp³-hybridized carbons (Fsp3) is 0.360. The van der Waals surface area contributed by atoms with Crippen LogP contribution in [-0.4, -0.2) is 123 Å². The zero-order valence-electron chi connectivity index (χ0n) is 40.0. The van der Waals surface area contributed by atoms with Crippen molar-refractivity contribution < 1.29 is 55.0 Å². The SMILES string of the molecule is C[C@H](Oc1cc(-c2nn(C)c3c(-c4cnn(C5CCN(C(=O)COC6CCN(c7cccc8c7C(=O)N(C7CCC(=O)NC7=O)C8=O)CC6)CC5)c4)cnc(N)c23)ccc1NS(=O)(=O)C(F)F)c1ccc(F)cc1. The number of amides is 5. The summed E-state index contributed by atoms with van der Waals surface area (Å²) in [6, 6.07) is 13.7. The van der Waals surface area contributed by atoms with Crippen LogP contribution >= 0.6 is 0 Å². The molecular weight excluding hydrogens is 988 g/mol. The van der Waals surface area contributed by atoms with Crippen LogP contribution in [0.2, 0.25) is 0 Å². The minimum absolute atomic E-state index is 0.0215. The van der Waals surface area contributed by atoms with Gasteiger partial charge in [0.05, 0.1) is 51.7 Å². The molecule has 6 aromatic rings. The number of piperidine rings is 3. The number of nitrogens with one attached hydrogen (secondary N) is 2. The summed E-state index contributed by atoms with van der Waals surface area (Å²) in [5.41, 5.74) is 10.6. The molecule has 4 N–H and O–H groups in total. The fourth-order valence-corrected chi connectivity index (χ4v) is 10.7. The highest BCUT2D eigenvalue weighted by Gasteiger charge is 2.46. The molecule has 74 heavy (non-hydrogen) atoms. The Morgan fingerprint density at radius 2 is 1.66 bits per heavy atom. The maximum atomic E-state index is 13.7. The summed E-state index contributed by atoms with van der Waals surface area (Å²) < 4.78 is 82.9. The number of anilines is 3. The Morgan fingerprint density at radius 3 is 2.38 bits per heavy atom. The number of carbonyl (C=O) groups excluding carboxylic acids is 5. The molecule has 3 saturated heterocycles. The van der Waals surface area contributed by atoms with E-state index in [9.17, 15) is 45.6 Å². The second kappa shape index (κ2) is 19.9. The third-order valence-electron chi connectivity index (χ3n) is 14.1. The third kappa shape index (κ3) is 9.49. The van der Waals surface area contributed by atoms with Crippen molar-refractivity contribution in [2.45, 2.75) is 75.5 Å². The maximum absolute atomic E-state index is 13.7. The Bertz CT molecular complexity index is 3340. The van der Waals surface area contributed by atoms with E-state index in [2.05, 4.69) is 10.3 Å². The van der Waals surface area contributed by atoms with Gasteiger partial charge in [0.15, 0.2) is 0 Å². The summed E-state index contributed by atoms with van der Waals surface area (Å²) in [7, 11) is -3.36. The van der Waals surface area contributed by atoms with Crippen LogP contribution in [0.1, 0.15) is 83.9 Å². The number of ether oxygens (including phenoxy) is 2. The van der Waals surface area contributed by atoms with E-state index >= 15 is 0 Å². The normalized spacial score (nSPS) is 18.4. The van der Waals surface area contributed by atoms with Crippen LogP contribution < -0.4 is 25.4 Å². The number of rotatable bonds is 14. The lowest BCUT2D eigenvalue weighted by Gasteiger charge is -2.35. The topological polar surface area (TPSA) is 246 Å². The van der Waals surface area contributed by atoms with Crippen molar-refractivity contribution in [2.75, 3.05) is 48.1 Å². The number of nitrogens with zero attached hydrogens (tertiary/aromatic N) is 8. The van der Waals surface area contributed by atoms with Crippen molar-refractivity contribution >= 4 is 67.7 Å². The van der Waals surface area contributed by atoms with E-state index < -0.39 is 57.4 Å². The standard InChI is InChI=1S/C50H50F3N11O9S/c1-27(28-6-9-31(51)10-7-28)73-39-22-29(8-11-36(39)59-74(70,71)50(52)53)44-43-45(60(2)58-44)35(24-55-46(43)54)30-23-56-63(25-30)32-14-18-62(19-15-32)41(66)26-72-33-16-20-61(21-17-33)37-5-3-4-34-42(37)49(69)64(48(34)68)38-12-13-40(65)57-47(38)67/h3-11,22-25,27,32-33,38,50,59H,12-21,26H2,1-2H3,(H2,54,55)(H,57,65,67)/t27-,38?/m0/s1. The van der Waals surface area contributed by atoms with E-state index in [0.29, 0.717) is 90.8 Å². The van der Waals surface area contributed by atoms with E-state index in [4.69, 9.17) is 25.4 Å². The Morgan fingerprint density at radius 1 is 0.919 bits per heavy atom. The molecule has 7 heterocycles. The lowest BCUT2D eigenvalue weighted by atomic mass is 10.0. The van der Waals surface area contributed by atoms with Crippen LogP contribution in [-0.2, 0) is 36.2 Å². The molecule has 10 rings (SSSR count). The molecule has 5 amide bonds. The number of aryl methyl sites for hydroxylation is 1. The molecule has 2 atom stereocenters. The van der Waals surface area contributed by atoms with Crippen LogP contribution in [0.3, 0.4) is 0 Å². The molecule has 1 unspecified atom stereocenters. The van der Waals surface area contributed by atoms with Crippen molar-refractivity contribution in [1.29, 1.82) is 0 Å². The molecule has 0 saturated carbocycles. The van der Waals surface area contributed by atoms with Crippen LogP contribution in [0.4, 0.5) is 30.4 Å². The monoisotopic (exact) mass is 1040 g/mol. The average Bonchev–Trinajstić information content (AvgIpc) is 4.09. The first-order valence-corrected chi connectivity index (χ1v) is 25.5. The number of sulfonamides is 1. The molecule has 3 aromatic heterocycles. The number of halogens is 3. The number of hydrogen-bond donors (Lipinski definition) is 3. The number of pyridine rings is 1. The number of aromatic nitrogens is 5. The summed E-state index contributed by atoms with van der Waals surface area (Å²) >= 11 is 0. The number of benzene rings is 3. The molecule has 0 spiro atoms. The van der Waals surface area contributed by atoms with Crippen LogP contribution in [0.5, 0.6) is 5.75 Å². The smallest absolute Gasteiger partial charge is 0.355 e. The van der Waals surface area contributed by atoms with Gasteiger partial charge in [-0.25, -0.2) is 17.8 Å². The number of nitrogen functional groups attached to an aromatic ring is 1. The number of fused-ring (bicyclic) bond motifs is 2. The first-order valence-electron chi connectivity index (χ1n) is 24.0. The zero-order valence-corrected chi connectivity index (χ0v) is 40.9. The van der Waals surface area contributed by atoms with Gasteiger partial charge in [0.1, 0.15) is 41.8 Å². The van der Waals surface area contributed by atoms with Crippen molar-refractivity contribution in [3.8, 4) is 28.1 Å². The second-order valence-electron chi connectivity index (χ2n) is 18.6. The van der Waals surface area contributed by atoms with E-state index in [1.165, 1.54) is 42.5 Å². The highest BCUT2D eigenvalue weighted by molar-refractivity contribution is 7.93. The minimum Gasteiger partial charge on any atom is -0.484 e. The van der Waals surface area contributed by atoms with Gasteiger partial charge in [0.2, 0.25) is 17.7 Å². The Labute approximate surface area is 421 Å². The zero-order chi connectivity index (χ0) is 52.2. The number of carbonyl (C=O) groups is 5. The Hall–Kier alpha value is -7.86.